The van der Waals surface area contributed by atoms with E-state index in [0.717, 1.165) is 12.0 Å². The van der Waals surface area contributed by atoms with Crippen molar-refractivity contribution in [1.82, 2.24) is 10.3 Å². The second-order valence-electron chi connectivity index (χ2n) is 7.13. The molecule has 1 fully saturated rings. The van der Waals surface area contributed by atoms with Crippen LogP contribution in [0.4, 0.5) is 0 Å². The Morgan fingerprint density at radius 1 is 1.05 bits per heavy atom. The van der Waals surface area contributed by atoms with Crippen LogP contribution in [0.25, 0.3) is 10.9 Å². The third-order valence-electron chi connectivity index (χ3n) is 5.57. The van der Waals surface area contributed by atoms with Crippen LogP contribution in [0.1, 0.15) is 62.7 Å². The third-order valence-corrected chi connectivity index (χ3v) is 5.57. The minimum absolute atomic E-state index is 0.541. The van der Waals surface area contributed by atoms with Gasteiger partial charge in [-0.1, -0.05) is 25.1 Å². The first-order chi connectivity index (χ1) is 10.3. The van der Waals surface area contributed by atoms with E-state index in [9.17, 15) is 0 Å². The van der Waals surface area contributed by atoms with Gasteiger partial charge in [0.05, 0.1) is 0 Å². The van der Waals surface area contributed by atoms with E-state index in [2.05, 4.69) is 41.5 Å². The van der Waals surface area contributed by atoms with Crippen molar-refractivity contribution in [2.45, 2.75) is 64.0 Å². The summed E-state index contributed by atoms with van der Waals surface area (Å²) in [5, 5.41) is 5.41. The van der Waals surface area contributed by atoms with Crippen molar-refractivity contribution in [2.24, 2.45) is 5.92 Å². The molecule has 2 N–H and O–H groups in total. The van der Waals surface area contributed by atoms with Gasteiger partial charge in [0.2, 0.25) is 0 Å². The van der Waals surface area contributed by atoms with E-state index >= 15 is 0 Å². The SMILES string of the molecule is CC1CCC(NC2CCCc3c2[nH]c2ccccc32)CC1. The lowest BCUT2D eigenvalue weighted by Crippen LogP contribution is -2.37. The van der Waals surface area contributed by atoms with Crippen LogP contribution in [0.15, 0.2) is 24.3 Å². The summed E-state index contributed by atoms with van der Waals surface area (Å²) >= 11 is 0. The quantitative estimate of drug-likeness (QED) is 0.820. The number of hydrogen-bond acceptors (Lipinski definition) is 1. The standard InChI is InChI=1S/C19H26N2/c1-13-9-11-14(12-10-13)20-18-8-4-6-16-15-5-2-3-7-17(15)21-19(16)18/h2-3,5,7,13-14,18,20-21H,4,6,8-12H2,1H3. The first-order valence-electron chi connectivity index (χ1n) is 8.67. The zero-order chi connectivity index (χ0) is 14.2. The van der Waals surface area contributed by atoms with Crippen LogP contribution in [0, 0.1) is 5.92 Å². The molecule has 21 heavy (non-hydrogen) atoms. The zero-order valence-electron chi connectivity index (χ0n) is 13.0. The Kier molecular flexibility index (Phi) is 3.50. The summed E-state index contributed by atoms with van der Waals surface area (Å²) < 4.78 is 0. The van der Waals surface area contributed by atoms with Crippen molar-refractivity contribution in [1.29, 1.82) is 0 Å². The molecule has 1 unspecified atom stereocenters. The molecule has 112 valence electrons. The maximum atomic E-state index is 3.96. The minimum atomic E-state index is 0.541. The summed E-state index contributed by atoms with van der Waals surface area (Å²) in [7, 11) is 0. The summed E-state index contributed by atoms with van der Waals surface area (Å²) in [6.45, 7) is 2.40. The van der Waals surface area contributed by atoms with Crippen molar-refractivity contribution in [3.05, 3.63) is 35.5 Å². The predicted molar refractivity (Wildman–Crippen MR) is 88.5 cm³/mol. The van der Waals surface area contributed by atoms with Crippen LogP contribution in [0.2, 0.25) is 0 Å². The van der Waals surface area contributed by atoms with Crippen molar-refractivity contribution >= 4 is 10.9 Å². The van der Waals surface area contributed by atoms with Gasteiger partial charge in [-0.2, -0.15) is 0 Å². The van der Waals surface area contributed by atoms with Crippen LogP contribution < -0.4 is 5.32 Å². The summed E-state index contributed by atoms with van der Waals surface area (Å²) in [6.07, 6.45) is 9.33. The second kappa shape index (κ2) is 5.49. The minimum Gasteiger partial charge on any atom is -0.357 e. The highest BCUT2D eigenvalue weighted by Crippen LogP contribution is 2.36. The number of H-pyrrole nitrogens is 1. The number of hydrogen-bond donors (Lipinski definition) is 2. The Bertz CT molecular complexity index is 620. The fraction of sp³-hybridized carbons (Fsp3) is 0.579. The molecule has 2 aromatic rings. The first kappa shape index (κ1) is 13.4. The topological polar surface area (TPSA) is 27.8 Å². The number of aromatic nitrogens is 1. The molecule has 2 aliphatic rings. The number of rotatable bonds is 2. The van der Waals surface area contributed by atoms with Crippen molar-refractivity contribution < 1.29 is 0 Å². The normalized spacial score (nSPS) is 29.5. The lowest BCUT2D eigenvalue weighted by atomic mass is 9.85. The lowest BCUT2D eigenvalue weighted by molar-refractivity contribution is 0.276. The van der Waals surface area contributed by atoms with Crippen molar-refractivity contribution in [2.75, 3.05) is 0 Å². The summed E-state index contributed by atoms with van der Waals surface area (Å²) in [5.41, 5.74) is 4.35. The molecule has 1 aromatic heterocycles. The first-order valence-corrected chi connectivity index (χ1v) is 8.67. The van der Waals surface area contributed by atoms with Gasteiger partial charge < -0.3 is 10.3 Å². The highest BCUT2D eigenvalue weighted by atomic mass is 15.0. The third kappa shape index (κ3) is 2.50. The average Bonchev–Trinajstić information content (AvgIpc) is 2.89. The highest BCUT2D eigenvalue weighted by molar-refractivity contribution is 5.85. The Balaban J connectivity index is 1.58. The Hall–Kier alpha value is -1.28. The van der Waals surface area contributed by atoms with E-state index in [-0.39, 0.29) is 0 Å². The molecule has 0 amide bonds. The molecule has 0 radical (unpaired) electrons. The molecule has 2 heteroatoms. The van der Waals surface area contributed by atoms with Crippen LogP contribution in [0.5, 0.6) is 0 Å². The van der Waals surface area contributed by atoms with Crippen molar-refractivity contribution in [3.63, 3.8) is 0 Å². The molecule has 0 spiro atoms. The van der Waals surface area contributed by atoms with Crippen molar-refractivity contribution in [3.8, 4) is 0 Å². The summed E-state index contributed by atoms with van der Waals surface area (Å²) in [5.74, 6) is 0.929. The monoisotopic (exact) mass is 282 g/mol. The van der Waals surface area contributed by atoms with Gasteiger partial charge in [-0.25, -0.2) is 0 Å². The van der Waals surface area contributed by atoms with E-state index < -0.39 is 0 Å². The summed E-state index contributed by atoms with van der Waals surface area (Å²) in [4.78, 5) is 3.70. The van der Waals surface area contributed by atoms with Gasteiger partial charge in [-0.3, -0.25) is 0 Å². The number of aryl methyl sites for hydroxylation is 1. The molecule has 1 heterocycles. The smallest absolute Gasteiger partial charge is 0.0478 e. The highest BCUT2D eigenvalue weighted by Gasteiger charge is 2.27. The van der Waals surface area contributed by atoms with Gasteiger partial charge in [0.15, 0.2) is 0 Å². The van der Waals surface area contributed by atoms with Gasteiger partial charge in [0, 0.05) is 28.7 Å². The van der Waals surface area contributed by atoms with Gasteiger partial charge in [0.1, 0.15) is 0 Å². The van der Waals surface area contributed by atoms with E-state index in [1.807, 2.05) is 0 Å². The molecule has 0 bridgehead atoms. The van der Waals surface area contributed by atoms with Crippen LogP contribution >= 0.6 is 0 Å². The van der Waals surface area contributed by atoms with Gasteiger partial charge >= 0.3 is 0 Å². The number of para-hydroxylation sites is 1. The maximum Gasteiger partial charge on any atom is 0.0478 e. The molecule has 2 aliphatic carbocycles. The fourth-order valence-electron chi connectivity index (χ4n) is 4.29. The van der Waals surface area contributed by atoms with Crippen LogP contribution in [-0.4, -0.2) is 11.0 Å². The molecule has 0 aliphatic heterocycles. The number of aromatic amines is 1. The molecule has 1 aromatic carbocycles. The molecular weight excluding hydrogens is 256 g/mol. The van der Waals surface area contributed by atoms with Gasteiger partial charge in [-0.15, -0.1) is 0 Å². The van der Waals surface area contributed by atoms with E-state index in [1.54, 1.807) is 5.56 Å². The fourth-order valence-corrected chi connectivity index (χ4v) is 4.29. The average molecular weight is 282 g/mol. The molecular formula is C19H26N2. The zero-order valence-corrected chi connectivity index (χ0v) is 13.0. The molecule has 0 saturated heterocycles. The Morgan fingerprint density at radius 2 is 1.86 bits per heavy atom. The Morgan fingerprint density at radius 3 is 2.71 bits per heavy atom. The number of benzene rings is 1. The maximum absolute atomic E-state index is 3.96. The van der Waals surface area contributed by atoms with E-state index in [1.165, 1.54) is 61.5 Å². The second-order valence-corrected chi connectivity index (χ2v) is 7.13. The summed E-state index contributed by atoms with van der Waals surface area (Å²) in [6, 6.07) is 10.1. The van der Waals surface area contributed by atoms with Crippen LogP contribution in [0.3, 0.4) is 0 Å². The molecule has 2 nitrogen and oxygen atoms in total. The Labute approximate surface area is 127 Å². The van der Waals surface area contributed by atoms with E-state index in [4.69, 9.17) is 0 Å². The van der Waals surface area contributed by atoms with E-state index in [0.29, 0.717) is 6.04 Å². The van der Waals surface area contributed by atoms with Crippen LogP contribution in [-0.2, 0) is 6.42 Å². The molecule has 1 atom stereocenters. The molecule has 1 saturated carbocycles. The van der Waals surface area contributed by atoms with Gasteiger partial charge in [0.25, 0.3) is 0 Å². The lowest BCUT2D eigenvalue weighted by Gasteiger charge is -2.32. The predicted octanol–water partition coefficient (Wildman–Crippen LogP) is 4.71. The number of fused-ring (bicyclic) bond motifs is 3. The largest absolute Gasteiger partial charge is 0.357 e. The molecule has 4 rings (SSSR count). The number of nitrogens with one attached hydrogen (secondary N) is 2. The van der Waals surface area contributed by atoms with Gasteiger partial charge in [-0.05, 0) is 62.5 Å².